The van der Waals surface area contributed by atoms with Gasteiger partial charge in [-0.15, -0.1) is 11.8 Å². The molecule has 23 heavy (non-hydrogen) atoms. The van der Waals surface area contributed by atoms with Crippen LogP contribution in [0.2, 0.25) is 5.02 Å². The molecule has 2 aromatic rings. The molecule has 5 heteroatoms. The van der Waals surface area contributed by atoms with E-state index in [1.54, 1.807) is 23.9 Å². The first-order chi connectivity index (χ1) is 11.0. The second-order valence-electron chi connectivity index (χ2n) is 5.25. The lowest BCUT2D eigenvalue weighted by molar-refractivity contribution is -0.120. The molecule has 0 aliphatic rings. The summed E-state index contributed by atoms with van der Waals surface area (Å²) in [5.74, 6) is 0.542. The van der Waals surface area contributed by atoms with Crippen molar-refractivity contribution < 1.29 is 9.18 Å². The van der Waals surface area contributed by atoms with Crippen LogP contribution < -0.4 is 5.32 Å². The van der Waals surface area contributed by atoms with Crippen molar-refractivity contribution in [2.45, 2.75) is 24.3 Å². The average molecular weight is 352 g/mol. The molecule has 0 heterocycles. The van der Waals surface area contributed by atoms with Crippen LogP contribution in [-0.2, 0) is 17.0 Å². The number of nitrogens with one attached hydrogen (secondary N) is 1. The number of thioether (sulfide) groups is 1. The fourth-order valence-electron chi connectivity index (χ4n) is 2.00. The van der Waals surface area contributed by atoms with E-state index >= 15 is 0 Å². The third kappa shape index (κ3) is 6.24. The minimum absolute atomic E-state index is 0.0195. The van der Waals surface area contributed by atoms with Gasteiger partial charge in [0.1, 0.15) is 5.82 Å². The molecule has 0 aliphatic heterocycles. The summed E-state index contributed by atoms with van der Waals surface area (Å²) in [6, 6.07) is 14.0. The van der Waals surface area contributed by atoms with Gasteiger partial charge in [-0.05, 0) is 48.7 Å². The van der Waals surface area contributed by atoms with E-state index in [0.29, 0.717) is 18.0 Å². The largest absolute Gasteiger partial charge is 0.355 e. The van der Waals surface area contributed by atoms with Gasteiger partial charge < -0.3 is 5.32 Å². The summed E-state index contributed by atoms with van der Waals surface area (Å²) >= 11 is 7.44. The Bertz CT molecular complexity index is 630. The van der Waals surface area contributed by atoms with Crippen molar-refractivity contribution >= 4 is 29.3 Å². The normalized spacial score (nSPS) is 12.0. The van der Waals surface area contributed by atoms with Crippen molar-refractivity contribution in [3.63, 3.8) is 0 Å². The SMILES string of the molecule is C[C@H](SCc1ccc(Cl)cc1)C(=O)NCCc1ccc(F)cc1. The minimum Gasteiger partial charge on any atom is -0.355 e. The molecule has 2 aromatic carbocycles. The van der Waals surface area contributed by atoms with Gasteiger partial charge in [-0.1, -0.05) is 35.9 Å². The van der Waals surface area contributed by atoms with Crippen molar-refractivity contribution in [2.75, 3.05) is 6.54 Å². The molecule has 0 spiro atoms. The van der Waals surface area contributed by atoms with Gasteiger partial charge in [0.15, 0.2) is 0 Å². The highest BCUT2D eigenvalue weighted by molar-refractivity contribution is 7.99. The molecule has 0 saturated carbocycles. The van der Waals surface area contributed by atoms with E-state index in [9.17, 15) is 9.18 Å². The maximum Gasteiger partial charge on any atom is 0.232 e. The molecule has 0 unspecified atom stereocenters. The third-order valence-corrected chi connectivity index (χ3v) is 4.87. The van der Waals surface area contributed by atoms with Gasteiger partial charge in [-0.3, -0.25) is 4.79 Å². The highest BCUT2D eigenvalue weighted by Gasteiger charge is 2.12. The van der Waals surface area contributed by atoms with Crippen LogP contribution in [-0.4, -0.2) is 17.7 Å². The molecule has 1 atom stereocenters. The Hall–Kier alpha value is -1.52. The number of carbonyl (C=O) groups is 1. The molecule has 122 valence electrons. The highest BCUT2D eigenvalue weighted by atomic mass is 35.5. The Labute approximate surface area is 145 Å². The van der Waals surface area contributed by atoms with Crippen molar-refractivity contribution in [3.05, 3.63) is 70.5 Å². The van der Waals surface area contributed by atoms with Gasteiger partial charge in [-0.25, -0.2) is 4.39 Å². The van der Waals surface area contributed by atoms with Crippen molar-refractivity contribution in [2.24, 2.45) is 0 Å². The molecular formula is C18H19ClFNOS. The summed E-state index contributed by atoms with van der Waals surface area (Å²) in [7, 11) is 0. The molecule has 0 saturated heterocycles. The number of hydrogen-bond donors (Lipinski definition) is 1. The lowest BCUT2D eigenvalue weighted by atomic mass is 10.1. The molecule has 1 amide bonds. The van der Waals surface area contributed by atoms with E-state index in [0.717, 1.165) is 16.9 Å². The van der Waals surface area contributed by atoms with E-state index in [1.165, 1.54) is 12.1 Å². The first-order valence-electron chi connectivity index (χ1n) is 7.43. The van der Waals surface area contributed by atoms with Crippen LogP contribution in [0.4, 0.5) is 4.39 Å². The number of halogens is 2. The summed E-state index contributed by atoms with van der Waals surface area (Å²) in [6.45, 7) is 2.45. The van der Waals surface area contributed by atoms with Crippen LogP contribution in [0, 0.1) is 5.82 Å². The molecule has 1 N–H and O–H groups in total. The van der Waals surface area contributed by atoms with E-state index in [-0.39, 0.29) is 17.0 Å². The van der Waals surface area contributed by atoms with Crippen LogP contribution in [0.3, 0.4) is 0 Å². The molecule has 0 aromatic heterocycles. The van der Waals surface area contributed by atoms with Crippen molar-refractivity contribution in [1.82, 2.24) is 5.32 Å². The zero-order valence-electron chi connectivity index (χ0n) is 12.9. The first-order valence-corrected chi connectivity index (χ1v) is 8.85. The zero-order valence-corrected chi connectivity index (χ0v) is 14.5. The standard InChI is InChI=1S/C18H19ClFNOS/c1-13(23-12-15-2-6-16(19)7-3-15)18(22)21-11-10-14-4-8-17(20)9-5-14/h2-9,13H,10-12H2,1H3,(H,21,22)/t13-/m0/s1. The summed E-state index contributed by atoms with van der Waals surface area (Å²) in [6.07, 6.45) is 0.695. The number of amides is 1. The quantitative estimate of drug-likeness (QED) is 0.798. The van der Waals surface area contributed by atoms with E-state index in [1.807, 2.05) is 31.2 Å². The van der Waals surface area contributed by atoms with Crippen LogP contribution in [0.1, 0.15) is 18.1 Å². The van der Waals surface area contributed by atoms with Gasteiger partial charge in [0, 0.05) is 17.3 Å². The molecule has 0 radical (unpaired) electrons. The van der Waals surface area contributed by atoms with Crippen LogP contribution >= 0.6 is 23.4 Å². The number of hydrogen-bond acceptors (Lipinski definition) is 2. The monoisotopic (exact) mass is 351 g/mol. The zero-order chi connectivity index (χ0) is 16.7. The van der Waals surface area contributed by atoms with Gasteiger partial charge in [0.2, 0.25) is 5.91 Å². The number of rotatable bonds is 7. The predicted molar refractivity (Wildman–Crippen MR) is 95.3 cm³/mol. The summed E-state index contributed by atoms with van der Waals surface area (Å²) < 4.78 is 12.8. The Kier molecular flexibility index (Phi) is 6.93. The Balaban J connectivity index is 1.70. The summed E-state index contributed by atoms with van der Waals surface area (Å²) in [4.78, 5) is 12.0. The second kappa shape index (κ2) is 8.94. The average Bonchev–Trinajstić information content (AvgIpc) is 2.55. The Morgan fingerprint density at radius 1 is 1.13 bits per heavy atom. The van der Waals surface area contributed by atoms with E-state index in [4.69, 9.17) is 11.6 Å². The van der Waals surface area contributed by atoms with Crippen LogP contribution in [0.5, 0.6) is 0 Å². The number of carbonyl (C=O) groups excluding carboxylic acids is 1. The first kappa shape index (κ1) is 17.8. The maximum absolute atomic E-state index is 12.8. The van der Waals surface area contributed by atoms with Crippen LogP contribution in [0.25, 0.3) is 0 Å². The highest BCUT2D eigenvalue weighted by Crippen LogP contribution is 2.19. The summed E-state index contributed by atoms with van der Waals surface area (Å²) in [5.41, 5.74) is 2.15. The van der Waals surface area contributed by atoms with Gasteiger partial charge in [0.05, 0.1) is 5.25 Å². The molecule has 0 fully saturated rings. The van der Waals surface area contributed by atoms with E-state index < -0.39 is 0 Å². The summed E-state index contributed by atoms with van der Waals surface area (Å²) in [5, 5.41) is 3.50. The Morgan fingerprint density at radius 3 is 2.39 bits per heavy atom. The molecule has 2 rings (SSSR count). The Morgan fingerprint density at radius 2 is 1.74 bits per heavy atom. The van der Waals surface area contributed by atoms with Gasteiger partial charge in [-0.2, -0.15) is 0 Å². The van der Waals surface area contributed by atoms with E-state index in [2.05, 4.69) is 5.32 Å². The molecular weight excluding hydrogens is 333 g/mol. The van der Waals surface area contributed by atoms with Crippen molar-refractivity contribution in [3.8, 4) is 0 Å². The lowest BCUT2D eigenvalue weighted by Crippen LogP contribution is -2.32. The third-order valence-electron chi connectivity index (χ3n) is 3.41. The minimum atomic E-state index is -0.245. The van der Waals surface area contributed by atoms with Gasteiger partial charge >= 0.3 is 0 Å². The molecule has 0 bridgehead atoms. The smallest absolute Gasteiger partial charge is 0.232 e. The fraction of sp³-hybridized carbons (Fsp3) is 0.278. The maximum atomic E-state index is 12.8. The topological polar surface area (TPSA) is 29.1 Å². The fourth-order valence-corrected chi connectivity index (χ4v) is 3.00. The predicted octanol–water partition coefficient (Wildman–Crippen LogP) is 4.46. The lowest BCUT2D eigenvalue weighted by Gasteiger charge is -2.12. The molecule has 2 nitrogen and oxygen atoms in total. The second-order valence-corrected chi connectivity index (χ2v) is 7.01. The van der Waals surface area contributed by atoms with Crippen molar-refractivity contribution in [1.29, 1.82) is 0 Å². The number of benzene rings is 2. The van der Waals surface area contributed by atoms with Gasteiger partial charge in [0.25, 0.3) is 0 Å². The molecule has 0 aliphatic carbocycles. The van der Waals surface area contributed by atoms with Crippen LogP contribution in [0.15, 0.2) is 48.5 Å².